The minimum atomic E-state index is -0.272. The van der Waals surface area contributed by atoms with Crippen LogP contribution in [0.5, 0.6) is 5.75 Å². The Labute approximate surface area is 111 Å². The van der Waals surface area contributed by atoms with Crippen molar-refractivity contribution >= 4 is 5.95 Å². The molecule has 0 aliphatic carbocycles. The number of hydrogen-bond donors (Lipinski definition) is 1. The van der Waals surface area contributed by atoms with E-state index in [1.165, 1.54) is 12.1 Å². The first-order valence-electron chi connectivity index (χ1n) is 6.08. The number of aryl methyl sites for hydroxylation is 1. The average Bonchev–Trinajstić information content (AvgIpc) is 2.41. The zero-order valence-electron chi connectivity index (χ0n) is 10.9. The predicted octanol–water partition coefficient (Wildman–Crippen LogP) is 2.80. The first-order valence-corrected chi connectivity index (χ1v) is 6.08. The van der Waals surface area contributed by atoms with Crippen LogP contribution in [0.3, 0.4) is 0 Å². The molecular formula is C14H16FN3O. The van der Waals surface area contributed by atoms with Crippen molar-refractivity contribution in [3.8, 4) is 5.75 Å². The number of halogens is 1. The summed E-state index contributed by atoms with van der Waals surface area (Å²) in [7, 11) is 0. The van der Waals surface area contributed by atoms with Crippen molar-refractivity contribution in [2.75, 3.05) is 11.9 Å². The summed E-state index contributed by atoms with van der Waals surface area (Å²) in [6.45, 7) is 4.43. The summed E-state index contributed by atoms with van der Waals surface area (Å²) in [5, 5.41) is 3.08. The summed E-state index contributed by atoms with van der Waals surface area (Å²) in [4.78, 5) is 8.28. The van der Waals surface area contributed by atoms with Crippen molar-refractivity contribution in [1.82, 2.24) is 9.97 Å². The fourth-order valence-corrected chi connectivity index (χ4v) is 1.51. The van der Waals surface area contributed by atoms with Gasteiger partial charge < -0.3 is 10.1 Å². The van der Waals surface area contributed by atoms with E-state index in [1.54, 1.807) is 24.5 Å². The summed E-state index contributed by atoms with van der Waals surface area (Å²) < 4.78 is 18.4. The van der Waals surface area contributed by atoms with Gasteiger partial charge in [-0.15, -0.1) is 0 Å². The second kappa shape index (κ2) is 6.13. The number of hydrogen-bond acceptors (Lipinski definition) is 4. The SMILES string of the molecule is Cc1cnc(NCC(C)Oc2ccc(F)cc2)nc1. The van der Waals surface area contributed by atoms with Gasteiger partial charge in [-0.25, -0.2) is 14.4 Å². The Bertz CT molecular complexity index is 513. The zero-order chi connectivity index (χ0) is 13.7. The van der Waals surface area contributed by atoms with Crippen molar-refractivity contribution in [2.45, 2.75) is 20.0 Å². The predicted molar refractivity (Wildman–Crippen MR) is 71.7 cm³/mol. The summed E-state index contributed by atoms with van der Waals surface area (Å²) in [6.07, 6.45) is 3.43. The van der Waals surface area contributed by atoms with Gasteiger partial charge in [0.2, 0.25) is 5.95 Å². The van der Waals surface area contributed by atoms with Crippen LogP contribution >= 0.6 is 0 Å². The highest BCUT2D eigenvalue weighted by Gasteiger charge is 2.05. The molecule has 0 radical (unpaired) electrons. The van der Waals surface area contributed by atoms with Gasteiger partial charge in [0.1, 0.15) is 17.7 Å². The third-order valence-electron chi connectivity index (χ3n) is 2.48. The molecule has 0 saturated heterocycles. The lowest BCUT2D eigenvalue weighted by Gasteiger charge is -2.15. The number of nitrogens with zero attached hydrogens (tertiary/aromatic N) is 2. The van der Waals surface area contributed by atoms with Crippen LogP contribution in [0.2, 0.25) is 0 Å². The summed E-state index contributed by atoms with van der Waals surface area (Å²) in [5.74, 6) is 0.937. The van der Waals surface area contributed by atoms with Gasteiger partial charge in [-0.2, -0.15) is 0 Å². The van der Waals surface area contributed by atoms with E-state index in [-0.39, 0.29) is 11.9 Å². The molecule has 0 spiro atoms. The quantitative estimate of drug-likeness (QED) is 0.899. The Hall–Kier alpha value is -2.17. The lowest BCUT2D eigenvalue weighted by molar-refractivity contribution is 0.234. The third-order valence-corrected chi connectivity index (χ3v) is 2.48. The lowest BCUT2D eigenvalue weighted by Crippen LogP contribution is -2.23. The van der Waals surface area contributed by atoms with Crippen LogP contribution in [0, 0.1) is 12.7 Å². The number of benzene rings is 1. The highest BCUT2D eigenvalue weighted by Crippen LogP contribution is 2.13. The Morgan fingerprint density at radius 2 is 1.84 bits per heavy atom. The summed E-state index contributed by atoms with van der Waals surface area (Å²) in [5.41, 5.74) is 1.01. The lowest BCUT2D eigenvalue weighted by atomic mass is 10.3. The maximum atomic E-state index is 12.7. The molecule has 1 unspecified atom stereocenters. The van der Waals surface area contributed by atoms with Gasteiger partial charge in [-0.1, -0.05) is 0 Å². The molecule has 0 saturated carbocycles. The molecule has 0 fully saturated rings. The van der Waals surface area contributed by atoms with Crippen LogP contribution in [0.25, 0.3) is 0 Å². The minimum Gasteiger partial charge on any atom is -0.489 e. The van der Waals surface area contributed by atoms with Crippen LogP contribution in [0.15, 0.2) is 36.7 Å². The largest absolute Gasteiger partial charge is 0.489 e. The number of rotatable bonds is 5. The second-order valence-corrected chi connectivity index (χ2v) is 4.35. The number of nitrogens with one attached hydrogen (secondary N) is 1. The molecule has 1 aromatic heterocycles. The van der Waals surface area contributed by atoms with Gasteiger partial charge in [0.25, 0.3) is 0 Å². The Morgan fingerprint density at radius 3 is 2.47 bits per heavy atom. The zero-order valence-corrected chi connectivity index (χ0v) is 10.9. The molecule has 0 bridgehead atoms. The van der Waals surface area contributed by atoms with Crippen molar-refractivity contribution in [2.24, 2.45) is 0 Å². The van der Waals surface area contributed by atoms with Crippen molar-refractivity contribution in [1.29, 1.82) is 0 Å². The van der Waals surface area contributed by atoms with E-state index in [9.17, 15) is 4.39 Å². The molecule has 0 aliphatic rings. The molecule has 100 valence electrons. The first kappa shape index (κ1) is 13.3. The first-order chi connectivity index (χ1) is 9.13. The molecule has 5 heteroatoms. The van der Waals surface area contributed by atoms with E-state index >= 15 is 0 Å². The summed E-state index contributed by atoms with van der Waals surface area (Å²) >= 11 is 0. The summed E-state index contributed by atoms with van der Waals surface area (Å²) in [6, 6.07) is 5.96. The van der Waals surface area contributed by atoms with Crippen LogP contribution in [0.1, 0.15) is 12.5 Å². The van der Waals surface area contributed by atoms with Gasteiger partial charge >= 0.3 is 0 Å². The molecule has 2 aromatic rings. The van der Waals surface area contributed by atoms with Crippen LogP contribution < -0.4 is 10.1 Å². The van der Waals surface area contributed by atoms with Gasteiger partial charge in [-0.3, -0.25) is 0 Å². The van der Waals surface area contributed by atoms with E-state index in [0.717, 1.165) is 5.56 Å². The van der Waals surface area contributed by atoms with E-state index in [2.05, 4.69) is 15.3 Å². The second-order valence-electron chi connectivity index (χ2n) is 4.35. The molecule has 1 N–H and O–H groups in total. The van der Waals surface area contributed by atoms with Crippen LogP contribution in [-0.4, -0.2) is 22.6 Å². The third kappa shape index (κ3) is 4.21. The monoisotopic (exact) mass is 261 g/mol. The number of anilines is 1. The molecule has 1 heterocycles. The normalized spacial score (nSPS) is 11.9. The van der Waals surface area contributed by atoms with Crippen molar-refractivity contribution < 1.29 is 9.13 Å². The Morgan fingerprint density at radius 1 is 1.21 bits per heavy atom. The van der Waals surface area contributed by atoms with Gasteiger partial charge in [0.05, 0.1) is 6.54 Å². The topological polar surface area (TPSA) is 47.0 Å². The fraction of sp³-hybridized carbons (Fsp3) is 0.286. The molecule has 0 amide bonds. The molecular weight excluding hydrogens is 245 g/mol. The van der Waals surface area contributed by atoms with Crippen molar-refractivity contribution in [3.63, 3.8) is 0 Å². The number of aromatic nitrogens is 2. The van der Waals surface area contributed by atoms with E-state index in [0.29, 0.717) is 18.2 Å². The fourth-order valence-electron chi connectivity index (χ4n) is 1.51. The smallest absolute Gasteiger partial charge is 0.222 e. The van der Waals surface area contributed by atoms with Gasteiger partial charge in [-0.05, 0) is 43.7 Å². The van der Waals surface area contributed by atoms with E-state index < -0.39 is 0 Å². The number of ether oxygens (including phenoxy) is 1. The van der Waals surface area contributed by atoms with Gasteiger partial charge in [0, 0.05) is 12.4 Å². The highest BCUT2D eigenvalue weighted by atomic mass is 19.1. The molecule has 2 rings (SSSR count). The maximum absolute atomic E-state index is 12.7. The van der Waals surface area contributed by atoms with Crippen molar-refractivity contribution in [3.05, 3.63) is 48.0 Å². The van der Waals surface area contributed by atoms with Crippen LogP contribution in [0.4, 0.5) is 10.3 Å². The highest BCUT2D eigenvalue weighted by molar-refractivity contribution is 5.25. The Kier molecular flexibility index (Phi) is 4.28. The average molecular weight is 261 g/mol. The molecule has 4 nitrogen and oxygen atoms in total. The van der Waals surface area contributed by atoms with Gasteiger partial charge in [0.15, 0.2) is 0 Å². The molecule has 1 atom stereocenters. The minimum absolute atomic E-state index is 0.0737. The van der Waals surface area contributed by atoms with Crippen LogP contribution in [-0.2, 0) is 0 Å². The maximum Gasteiger partial charge on any atom is 0.222 e. The van der Waals surface area contributed by atoms with E-state index in [1.807, 2.05) is 13.8 Å². The van der Waals surface area contributed by atoms with E-state index in [4.69, 9.17) is 4.74 Å². The Balaban J connectivity index is 1.82. The standard InChI is InChI=1S/C14H16FN3O/c1-10-7-16-14(17-8-10)18-9-11(2)19-13-5-3-12(15)4-6-13/h3-8,11H,9H2,1-2H3,(H,16,17,18). The molecule has 1 aromatic carbocycles. The molecule has 19 heavy (non-hydrogen) atoms. The molecule has 0 aliphatic heterocycles.